The van der Waals surface area contributed by atoms with Gasteiger partial charge in [0.1, 0.15) is 6.54 Å². The third kappa shape index (κ3) is 2.15. The van der Waals surface area contributed by atoms with Gasteiger partial charge < -0.3 is 9.84 Å². The van der Waals surface area contributed by atoms with Crippen molar-refractivity contribution in [1.82, 2.24) is 25.3 Å². The third-order valence-electron chi connectivity index (χ3n) is 2.64. The fourth-order valence-electron chi connectivity index (χ4n) is 1.69. The van der Waals surface area contributed by atoms with Gasteiger partial charge in [-0.25, -0.2) is 4.79 Å². The van der Waals surface area contributed by atoms with Gasteiger partial charge in [0.15, 0.2) is 0 Å². The summed E-state index contributed by atoms with van der Waals surface area (Å²) in [7, 11) is 0. The number of pyridine rings is 1. The molecule has 1 saturated heterocycles. The van der Waals surface area contributed by atoms with Gasteiger partial charge in [-0.15, -0.1) is 0 Å². The maximum absolute atomic E-state index is 11.4. The summed E-state index contributed by atoms with van der Waals surface area (Å²) < 4.78 is 5.02. The van der Waals surface area contributed by atoms with Gasteiger partial charge in [-0.3, -0.25) is 14.7 Å². The molecule has 19 heavy (non-hydrogen) atoms. The Labute approximate surface area is 107 Å². The van der Waals surface area contributed by atoms with Crippen LogP contribution < -0.4 is 5.32 Å². The maximum atomic E-state index is 11.4. The highest BCUT2D eigenvalue weighted by molar-refractivity contribution is 6.01. The Morgan fingerprint density at radius 1 is 1.32 bits per heavy atom. The molecule has 0 atom stereocenters. The Morgan fingerprint density at radius 3 is 2.79 bits per heavy atom. The molecule has 0 unspecified atom stereocenters. The molecule has 1 aliphatic heterocycles. The maximum Gasteiger partial charge on any atom is 0.325 e. The lowest BCUT2D eigenvalue weighted by atomic mass is 10.2. The van der Waals surface area contributed by atoms with Crippen molar-refractivity contribution in [1.29, 1.82) is 0 Å². The molecule has 96 valence electrons. The van der Waals surface area contributed by atoms with Gasteiger partial charge in [-0.1, -0.05) is 5.16 Å². The van der Waals surface area contributed by atoms with E-state index in [0.717, 1.165) is 10.5 Å². The molecule has 8 nitrogen and oxygen atoms in total. The zero-order chi connectivity index (χ0) is 13.2. The van der Waals surface area contributed by atoms with Crippen LogP contribution in [-0.2, 0) is 11.3 Å². The quantitative estimate of drug-likeness (QED) is 0.789. The van der Waals surface area contributed by atoms with Crippen LogP contribution in [0.1, 0.15) is 5.89 Å². The summed E-state index contributed by atoms with van der Waals surface area (Å²) in [6, 6.07) is 3.03. The average molecular weight is 259 g/mol. The molecule has 0 saturated carbocycles. The van der Waals surface area contributed by atoms with E-state index in [9.17, 15) is 9.59 Å². The predicted octanol–water partition coefficient (Wildman–Crippen LogP) is 0.183. The second-order valence-electron chi connectivity index (χ2n) is 3.89. The Bertz CT molecular complexity index is 608. The summed E-state index contributed by atoms with van der Waals surface area (Å²) in [4.78, 5) is 31.8. The number of hydrogen-bond donors (Lipinski definition) is 1. The minimum absolute atomic E-state index is 0.00415. The second-order valence-corrected chi connectivity index (χ2v) is 3.89. The molecule has 2 aromatic rings. The highest BCUT2D eigenvalue weighted by Gasteiger charge is 2.30. The van der Waals surface area contributed by atoms with Crippen LogP contribution in [-0.4, -0.2) is 38.5 Å². The van der Waals surface area contributed by atoms with E-state index in [-0.39, 0.29) is 24.9 Å². The van der Waals surface area contributed by atoms with Crippen LogP contribution in [0.5, 0.6) is 0 Å². The van der Waals surface area contributed by atoms with Crippen molar-refractivity contribution in [3.8, 4) is 11.4 Å². The van der Waals surface area contributed by atoms with E-state index >= 15 is 0 Å². The van der Waals surface area contributed by atoms with Crippen molar-refractivity contribution in [3.63, 3.8) is 0 Å². The summed E-state index contributed by atoms with van der Waals surface area (Å²) >= 11 is 0. The van der Waals surface area contributed by atoms with Crippen LogP contribution in [0.15, 0.2) is 29.0 Å². The largest absolute Gasteiger partial charge is 0.337 e. The van der Waals surface area contributed by atoms with E-state index in [4.69, 9.17) is 4.52 Å². The number of nitrogens with zero attached hydrogens (tertiary/aromatic N) is 4. The van der Waals surface area contributed by atoms with Gasteiger partial charge in [0.25, 0.3) is 5.91 Å². The summed E-state index contributed by atoms with van der Waals surface area (Å²) in [5.41, 5.74) is 0.752. The number of hydrogen-bond acceptors (Lipinski definition) is 6. The summed E-state index contributed by atoms with van der Waals surface area (Å²) in [5.74, 6) is 0.287. The Kier molecular flexibility index (Phi) is 2.67. The number of urea groups is 1. The highest BCUT2D eigenvalue weighted by Crippen LogP contribution is 2.15. The van der Waals surface area contributed by atoms with Crippen molar-refractivity contribution < 1.29 is 14.1 Å². The molecule has 8 heteroatoms. The molecule has 0 radical (unpaired) electrons. The molecule has 3 amide bonds. The number of rotatable bonds is 3. The Hall–Kier alpha value is -2.77. The van der Waals surface area contributed by atoms with E-state index in [1.165, 1.54) is 0 Å². The smallest absolute Gasteiger partial charge is 0.325 e. The molecule has 0 aliphatic carbocycles. The molecular weight excluding hydrogens is 250 g/mol. The Balaban J connectivity index is 1.79. The number of imide groups is 1. The minimum atomic E-state index is -0.450. The monoisotopic (exact) mass is 259 g/mol. The third-order valence-corrected chi connectivity index (χ3v) is 2.64. The van der Waals surface area contributed by atoms with Crippen molar-refractivity contribution in [2.45, 2.75) is 6.54 Å². The van der Waals surface area contributed by atoms with Gasteiger partial charge in [0.2, 0.25) is 11.7 Å². The normalized spacial score (nSPS) is 14.8. The van der Waals surface area contributed by atoms with Crippen LogP contribution in [0.2, 0.25) is 0 Å². The summed E-state index contributed by atoms with van der Waals surface area (Å²) in [6.45, 7) is -0.0209. The molecule has 3 heterocycles. The van der Waals surface area contributed by atoms with E-state index in [1.807, 2.05) is 0 Å². The number of carbonyl (C=O) groups excluding carboxylic acids is 2. The molecule has 0 aromatic carbocycles. The molecule has 1 aliphatic rings. The first kappa shape index (κ1) is 11.3. The molecule has 2 aromatic heterocycles. The van der Waals surface area contributed by atoms with Gasteiger partial charge in [-0.05, 0) is 12.1 Å². The van der Waals surface area contributed by atoms with E-state index in [2.05, 4.69) is 20.4 Å². The lowest BCUT2D eigenvalue weighted by Gasteiger charge is -2.07. The standard InChI is InChI=1S/C11H9N5O3/c17-9-5-13-11(18)16(9)6-8-14-10(15-19-8)7-1-3-12-4-2-7/h1-4H,5-6H2,(H,13,18). The van der Waals surface area contributed by atoms with E-state index in [0.29, 0.717) is 5.82 Å². The molecule has 1 N–H and O–H groups in total. The first-order chi connectivity index (χ1) is 9.24. The lowest BCUT2D eigenvalue weighted by Crippen LogP contribution is -2.30. The molecule has 0 spiro atoms. The van der Waals surface area contributed by atoms with Gasteiger partial charge in [0, 0.05) is 18.0 Å². The molecule has 3 rings (SSSR count). The van der Waals surface area contributed by atoms with Crippen LogP contribution in [0.3, 0.4) is 0 Å². The zero-order valence-electron chi connectivity index (χ0n) is 9.74. The van der Waals surface area contributed by atoms with Crippen molar-refractivity contribution in [3.05, 3.63) is 30.4 Å². The summed E-state index contributed by atoms with van der Waals surface area (Å²) in [6.07, 6.45) is 3.23. The average Bonchev–Trinajstić information content (AvgIpc) is 3.02. The number of amides is 3. The highest BCUT2D eigenvalue weighted by atomic mass is 16.5. The zero-order valence-corrected chi connectivity index (χ0v) is 9.74. The van der Waals surface area contributed by atoms with Crippen molar-refractivity contribution >= 4 is 11.9 Å². The van der Waals surface area contributed by atoms with Crippen LogP contribution in [0, 0.1) is 0 Å². The lowest BCUT2D eigenvalue weighted by molar-refractivity contribution is -0.125. The van der Waals surface area contributed by atoms with Crippen molar-refractivity contribution in [2.75, 3.05) is 6.54 Å². The fraction of sp³-hybridized carbons (Fsp3) is 0.182. The Morgan fingerprint density at radius 2 is 2.11 bits per heavy atom. The van der Waals surface area contributed by atoms with Crippen LogP contribution >= 0.6 is 0 Å². The van der Waals surface area contributed by atoms with Crippen LogP contribution in [0.4, 0.5) is 4.79 Å². The van der Waals surface area contributed by atoms with Crippen molar-refractivity contribution in [2.24, 2.45) is 0 Å². The minimum Gasteiger partial charge on any atom is -0.337 e. The van der Waals surface area contributed by atoms with Gasteiger partial charge >= 0.3 is 6.03 Å². The molecular formula is C11H9N5O3. The number of aromatic nitrogens is 3. The SMILES string of the molecule is O=C1CNC(=O)N1Cc1nc(-c2ccncc2)no1. The summed E-state index contributed by atoms with van der Waals surface area (Å²) in [5, 5.41) is 6.21. The number of nitrogens with one attached hydrogen (secondary N) is 1. The molecule has 0 bridgehead atoms. The second kappa shape index (κ2) is 4.48. The predicted molar refractivity (Wildman–Crippen MR) is 61.5 cm³/mol. The first-order valence-electron chi connectivity index (χ1n) is 5.55. The van der Waals surface area contributed by atoms with Crippen LogP contribution in [0.25, 0.3) is 11.4 Å². The first-order valence-corrected chi connectivity index (χ1v) is 5.55. The number of carbonyl (C=O) groups is 2. The molecule has 1 fully saturated rings. The van der Waals surface area contributed by atoms with Gasteiger partial charge in [0.05, 0.1) is 6.54 Å². The van der Waals surface area contributed by atoms with Gasteiger partial charge in [-0.2, -0.15) is 4.98 Å². The van der Waals surface area contributed by atoms with E-state index in [1.54, 1.807) is 24.5 Å². The topological polar surface area (TPSA) is 101 Å². The van der Waals surface area contributed by atoms with E-state index < -0.39 is 6.03 Å². The fourth-order valence-corrected chi connectivity index (χ4v) is 1.69.